The summed E-state index contributed by atoms with van der Waals surface area (Å²) in [5.41, 5.74) is 1.30. The summed E-state index contributed by atoms with van der Waals surface area (Å²) in [5, 5.41) is 14.2. The zero-order valence-corrected chi connectivity index (χ0v) is 15.6. The van der Waals surface area contributed by atoms with Crippen LogP contribution >= 0.6 is 0 Å². The number of aliphatic hydroxyl groups excluding tert-OH is 1. The first-order valence-electron chi connectivity index (χ1n) is 10.2. The quantitative estimate of drug-likeness (QED) is 0.731. The van der Waals surface area contributed by atoms with E-state index >= 15 is 0 Å². The molecular formula is C23H33NO. The van der Waals surface area contributed by atoms with E-state index < -0.39 is 0 Å². The van der Waals surface area contributed by atoms with Gasteiger partial charge in [-0.05, 0) is 49.5 Å². The van der Waals surface area contributed by atoms with Gasteiger partial charge in [-0.2, -0.15) is 0 Å². The van der Waals surface area contributed by atoms with Gasteiger partial charge in [-0.1, -0.05) is 56.0 Å². The SMILES string of the molecule is CC(Cc1ccccc1)C(O)CNC1CCCCC1C#CCC1CC1. The molecule has 0 aromatic heterocycles. The first kappa shape index (κ1) is 18.5. The van der Waals surface area contributed by atoms with Crippen molar-refractivity contribution in [3.8, 4) is 11.8 Å². The maximum Gasteiger partial charge on any atom is 0.0693 e. The maximum atomic E-state index is 10.6. The number of hydrogen-bond donors (Lipinski definition) is 2. The van der Waals surface area contributed by atoms with Gasteiger partial charge in [-0.3, -0.25) is 0 Å². The van der Waals surface area contributed by atoms with Crippen LogP contribution in [0.4, 0.5) is 0 Å². The lowest BCUT2D eigenvalue weighted by Crippen LogP contribution is -2.43. The highest BCUT2D eigenvalue weighted by Crippen LogP contribution is 2.32. The summed E-state index contributed by atoms with van der Waals surface area (Å²) in [6.45, 7) is 2.83. The molecule has 2 aliphatic rings. The van der Waals surface area contributed by atoms with Crippen molar-refractivity contribution in [3.63, 3.8) is 0 Å². The Morgan fingerprint density at radius 1 is 1.12 bits per heavy atom. The van der Waals surface area contributed by atoms with Crippen LogP contribution in [-0.4, -0.2) is 23.8 Å². The topological polar surface area (TPSA) is 32.3 Å². The molecule has 2 saturated carbocycles. The maximum absolute atomic E-state index is 10.6. The van der Waals surface area contributed by atoms with Crippen LogP contribution in [-0.2, 0) is 6.42 Å². The Hall–Kier alpha value is -1.30. The molecule has 2 aliphatic carbocycles. The van der Waals surface area contributed by atoms with Gasteiger partial charge < -0.3 is 10.4 Å². The van der Waals surface area contributed by atoms with Gasteiger partial charge in [-0.15, -0.1) is 5.92 Å². The van der Waals surface area contributed by atoms with Crippen molar-refractivity contribution >= 4 is 0 Å². The van der Waals surface area contributed by atoms with Crippen molar-refractivity contribution in [1.82, 2.24) is 5.32 Å². The van der Waals surface area contributed by atoms with E-state index in [9.17, 15) is 5.11 Å². The fourth-order valence-corrected chi connectivity index (χ4v) is 3.80. The minimum atomic E-state index is -0.304. The minimum absolute atomic E-state index is 0.262. The van der Waals surface area contributed by atoms with Crippen LogP contribution in [0.25, 0.3) is 0 Å². The summed E-state index contributed by atoms with van der Waals surface area (Å²) in [5.74, 6) is 8.61. The van der Waals surface area contributed by atoms with E-state index in [-0.39, 0.29) is 12.0 Å². The van der Waals surface area contributed by atoms with E-state index in [0.29, 0.717) is 18.5 Å². The molecule has 4 atom stereocenters. The second kappa shape index (κ2) is 9.41. The largest absolute Gasteiger partial charge is 0.392 e. The predicted molar refractivity (Wildman–Crippen MR) is 104 cm³/mol. The Bertz CT molecular complexity index is 569. The third-order valence-corrected chi connectivity index (χ3v) is 5.79. The Kier molecular flexibility index (Phi) is 6.96. The zero-order valence-electron chi connectivity index (χ0n) is 15.6. The van der Waals surface area contributed by atoms with Crippen molar-refractivity contribution in [2.75, 3.05) is 6.54 Å². The van der Waals surface area contributed by atoms with Crippen LogP contribution in [0.1, 0.15) is 57.4 Å². The predicted octanol–water partition coefficient (Wildman–Crippen LogP) is 4.18. The lowest BCUT2D eigenvalue weighted by Gasteiger charge is -2.31. The zero-order chi connectivity index (χ0) is 17.5. The lowest BCUT2D eigenvalue weighted by atomic mass is 9.84. The van der Waals surface area contributed by atoms with E-state index in [0.717, 1.165) is 18.8 Å². The van der Waals surface area contributed by atoms with Crippen molar-refractivity contribution < 1.29 is 5.11 Å². The summed E-state index contributed by atoms with van der Waals surface area (Å²) in [6.07, 6.45) is 9.48. The average molecular weight is 340 g/mol. The Labute approximate surface area is 153 Å². The summed E-state index contributed by atoms with van der Waals surface area (Å²) in [6, 6.07) is 10.9. The molecule has 2 fully saturated rings. The average Bonchev–Trinajstić information content (AvgIpc) is 3.46. The van der Waals surface area contributed by atoms with Gasteiger partial charge in [0.15, 0.2) is 0 Å². The molecule has 1 aromatic rings. The van der Waals surface area contributed by atoms with Gasteiger partial charge in [0.05, 0.1) is 6.10 Å². The van der Waals surface area contributed by atoms with Crippen LogP contribution in [0.5, 0.6) is 0 Å². The molecule has 3 rings (SSSR count). The standard InChI is InChI=1S/C23H33NO/c1-18(16-20-8-3-2-4-9-20)23(25)17-24-22-13-6-5-11-21(22)12-7-10-19-14-15-19/h2-4,8-9,18-19,21-25H,5-6,10-11,13-17H2,1H3. The third kappa shape index (κ3) is 6.17. The molecule has 25 heavy (non-hydrogen) atoms. The monoisotopic (exact) mass is 339 g/mol. The first-order valence-corrected chi connectivity index (χ1v) is 10.2. The van der Waals surface area contributed by atoms with Gasteiger partial charge in [-0.25, -0.2) is 0 Å². The molecule has 0 aliphatic heterocycles. The van der Waals surface area contributed by atoms with Gasteiger partial charge in [0, 0.05) is 24.9 Å². The molecule has 0 spiro atoms. The molecule has 2 nitrogen and oxygen atoms in total. The summed E-state index contributed by atoms with van der Waals surface area (Å²) in [7, 11) is 0. The molecule has 1 aromatic carbocycles. The number of hydrogen-bond acceptors (Lipinski definition) is 2. The minimum Gasteiger partial charge on any atom is -0.392 e. The van der Waals surface area contributed by atoms with Crippen LogP contribution in [0.15, 0.2) is 30.3 Å². The third-order valence-electron chi connectivity index (χ3n) is 5.79. The molecule has 0 bridgehead atoms. The molecule has 0 saturated heterocycles. The number of benzene rings is 1. The first-order chi connectivity index (χ1) is 12.2. The van der Waals surface area contributed by atoms with E-state index in [1.54, 1.807) is 0 Å². The number of rotatable bonds is 7. The number of nitrogens with one attached hydrogen (secondary N) is 1. The smallest absolute Gasteiger partial charge is 0.0693 e. The van der Waals surface area contributed by atoms with Crippen molar-refractivity contribution in [1.29, 1.82) is 0 Å². The Balaban J connectivity index is 1.45. The van der Waals surface area contributed by atoms with E-state index in [1.807, 2.05) is 6.07 Å². The van der Waals surface area contributed by atoms with E-state index in [4.69, 9.17) is 0 Å². The number of aliphatic hydroxyl groups is 1. The lowest BCUT2D eigenvalue weighted by molar-refractivity contribution is 0.107. The molecule has 4 unspecified atom stereocenters. The second-order valence-corrected chi connectivity index (χ2v) is 8.11. The second-order valence-electron chi connectivity index (χ2n) is 8.11. The van der Waals surface area contributed by atoms with Gasteiger partial charge in [0.2, 0.25) is 0 Å². The fraction of sp³-hybridized carbons (Fsp3) is 0.652. The van der Waals surface area contributed by atoms with Crippen molar-refractivity contribution in [3.05, 3.63) is 35.9 Å². The summed E-state index contributed by atoms with van der Waals surface area (Å²) >= 11 is 0. The molecule has 2 N–H and O–H groups in total. The highest BCUT2D eigenvalue weighted by atomic mass is 16.3. The molecular weight excluding hydrogens is 306 g/mol. The van der Waals surface area contributed by atoms with E-state index in [2.05, 4.69) is 48.3 Å². The van der Waals surface area contributed by atoms with Gasteiger partial charge in [0.25, 0.3) is 0 Å². The highest BCUT2D eigenvalue weighted by Gasteiger charge is 2.25. The molecule has 0 heterocycles. The van der Waals surface area contributed by atoms with Crippen molar-refractivity contribution in [2.24, 2.45) is 17.8 Å². The normalized spacial score (nSPS) is 25.7. The van der Waals surface area contributed by atoms with Crippen LogP contribution in [0.2, 0.25) is 0 Å². The molecule has 2 heteroatoms. The van der Waals surface area contributed by atoms with Gasteiger partial charge in [0.1, 0.15) is 0 Å². The Morgan fingerprint density at radius 3 is 2.64 bits per heavy atom. The van der Waals surface area contributed by atoms with Crippen LogP contribution in [0.3, 0.4) is 0 Å². The van der Waals surface area contributed by atoms with Crippen LogP contribution < -0.4 is 5.32 Å². The van der Waals surface area contributed by atoms with E-state index in [1.165, 1.54) is 44.1 Å². The molecule has 136 valence electrons. The fourth-order valence-electron chi connectivity index (χ4n) is 3.80. The molecule has 0 amide bonds. The van der Waals surface area contributed by atoms with Crippen LogP contribution in [0, 0.1) is 29.6 Å². The summed E-state index contributed by atoms with van der Waals surface area (Å²) < 4.78 is 0. The van der Waals surface area contributed by atoms with Crippen molar-refractivity contribution in [2.45, 2.75) is 70.4 Å². The highest BCUT2D eigenvalue weighted by molar-refractivity contribution is 5.15. The van der Waals surface area contributed by atoms with Gasteiger partial charge >= 0.3 is 0 Å². The molecule has 0 radical (unpaired) electrons. The Morgan fingerprint density at radius 2 is 1.88 bits per heavy atom. The summed E-state index contributed by atoms with van der Waals surface area (Å²) in [4.78, 5) is 0.